The monoisotopic (exact) mass is 258 g/mol. The number of rotatable bonds is 3. The third-order valence-electron chi connectivity index (χ3n) is 2.69. The molecule has 19 heavy (non-hydrogen) atoms. The van der Waals surface area contributed by atoms with E-state index in [1.807, 2.05) is 18.2 Å². The van der Waals surface area contributed by atoms with Gasteiger partial charge in [0.25, 0.3) is 5.91 Å². The number of anilines is 1. The van der Waals surface area contributed by atoms with Crippen molar-refractivity contribution in [1.29, 1.82) is 0 Å². The maximum Gasteiger partial charge on any atom is 0.254 e. The van der Waals surface area contributed by atoms with E-state index in [0.29, 0.717) is 17.3 Å². The molecule has 0 aliphatic heterocycles. The zero-order valence-corrected chi connectivity index (χ0v) is 10.7. The number of nitrogens with two attached hydrogens (primary N) is 2. The molecule has 1 aromatic carbocycles. The summed E-state index contributed by atoms with van der Waals surface area (Å²) >= 11 is 0. The van der Waals surface area contributed by atoms with Crippen molar-refractivity contribution in [3.05, 3.63) is 35.5 Å². The maximum absolute atomic E-state index is 11.2. The van der Waals surface area contributed by atoms with Crippen molar-refractivity contribution in [2.24, 2.45) is 5.73 Å². The zero-order valence-electron chi connectivity index (χ0n) is 10.7. The number of carbonyl (C=O) groups is 1. The molecule has 0 saturated carbocycles. The molecule has 98 valence electrons. The van der Waals surface area contributed by atoms with E-state index in [1.54, 1.807) is 20.1 Å². The van der Waals surface area contributed by atoms with Gasteiger partial charge < -0.3 is 16.2 Å². The second-order valence-electron chi connectivity index (χ2n) is 3.99. The number of ether oxygens (including phenoxy) is 1. The van der Waals surface area contributed by atoms with E-state index in [2.05, 4.69) is 9.97 Å². The quantitative estimate of drug-likeness (QED) is 0.859. The summed E-state index contributed by atoms with van der Waals surface area (Å²) in [5.41, 5.74) is 12.3. The van der Waals surface area contributed by atoms with Crippen LogP contribution in [0.3, 0.4) is 0 Å². The fourth-order valence-corrected chi connectivity index (χ4v) is 1.79. The molecule has 0 saturated heterocycles. The van der Waals surface area contributed by atoms with Gasteiger partial charge in [-0.15, -0.1) is 0 Å². The minimum atomic E-state index is -0.632. The van der Waals surface area contributed by atoms with Crippen LogP contribution in [0.5, 0.6) is 5.75 Å². The first kappa shape index (κ1) is 12.8. The highest BCUT2D eigenvalue weighted by atomic mass is 16.5. The normalized spacial score (nSPS) is 10.2. The molecular weight excluding hydrogens is 244 g/mol. The number of carbonyl (C=O) groups excluding carboxylic acids is 1. The van der Waals surface area contributed by atoms with Crippen LogP contribution in [0.25, 0.3) is 11.4 Å². The Balaban J connectivity index is 2.55. The van der Waals surface area contributed by atoms with Crippen molar-refractivity contribution >= 4 is 11.7 Å². The average Bonchev–Trinajstić information content (AvgIpc) is 2.37. The molecule has 6 nitrogen and oxygen atoms in total. The lowest BCUT2D eigenvalue weighted by atomic mass is 10.1. The smallest absolute Gasteiger partial charge is 0.254 e. The fourth-order valence-electron chi connectivity index (χ4n) is 1.79. The highest BCUT2D eigenvalue weighted by Gasteiger charge is 2.15. The minimum absolute atomic E-state index is 0.0813. The SMILES string of the molecule is COc1cccc(-c2nc(C)c(C(N)=O)c(N)n2)c1. The van der Waals surface area contributed by atoms with Crippen LogP contribution in [-0.4, -0.2) is 23.0 Å². The number of hydrogen-bond acceptors (Lipinski definition) is 5. The number of hydrogen-bond donors (Lipinski definition) is 2. The Kier molecular flexibility index (Phi) is 3.33. The Morgan fingerprint density at radius 2 is 2.05 bits per heavy atom. The van der Waals surface area contributed by atoms with Gasteiger partial charge in [0.2, 0.25) is 0 Å². The number of methoxy groups -OCH3 is 1. The number of nitrogens with zero attached hydrogens (tertiary/aromatic N) is 2. The van der Waals surface area contributed by atoms with Crippen molar-refractivity contribution in [2.45, 2.75) is 6.92 Å². The van der Waals surface area contributed by atoms with Crippen LogP contribution >= 0.6 is 0 Å². The lowest BCUT2D eigenvalue weighted by molar-refractivity contribution is 0.1000. The topological polar surface area (TPSA) is 104 Å². The van der Waals surface area contributed by atoms with E-state index in [1.165, 1.54) is 0 Å². The van der Waals surface area contributed by atoms with Crippen LogP contribution in [-0.2, 0) is 0 Å². The van der Waals surface area contributed by atoms with Crippen LogP contribution in [0.4, 0.5) is 5.82 Å². The van der Waals surface area contributed by atoms with Crippen LogP contribution in [0.1, 0.15) is 16.1 Å². The largest absolute Gasteiger partial charge is 0.497 e. The molecule has 0 aliphatic carbocycles. The average molecular weight is 258 g/mol. The van der Waals surface area contributed by atoms with Gasteiger partial charge in [-0.2, -0.15) is 0 Å². The van der Waals surface area contributed by atoms with Crippen molar-refractivity contribution in [3.8, 4) is 17.1 Å². The van der Waals surface area contributed by atoms with Gasteiger partial charge >= 0.3 is 0 Å². The molecule has 0 bridgehead atoms. The van der Waals surface area contributed by atoms with Gasteiger partial charge in [-0.1, -0.05) is 12.1 Å². The van der Waals surface area contributed by atoms with Crippen LogP contribution in [0, 0.1) is 6.92 Å². The number of benzene rings is 1. The molecule has 0 aliphatic rings. The molecule has 0 fully saturated rings. The molecule has 0 atom stereocenters. The molecule has 0 unspecified atom stereocenters. The first-order valence-corrected chi connectivity index (χ1v) is 5.61. The lowest BCUT2D eigenvalue weighted by Gasteiger charge is -2.08. The number of nitrogen functional groups attached to an aromatic ring is 1. The molecule has 0 radical (unpaired) electrons. The number of aryl methyl sites for hydroxylation is 1. The van der Waals surface area contributed by atoms with Gasteiger partial charge in [-0.25, -0.2) is 9.97 Å². The maximum atomic E-state index is 11.2. The van der Waals surface area contributed by atoms with Gasteiger partial charge in [0.05, 0.1) is 12.8 Å². The van der Waals surface area contributed by atoms with E-state index >= 15 is 0 Å². The number of amides is 1. The Morgan fingerprint density at radius 1 is 1.32 bits per heavy atom. The molecule has 4 N–H and O–H groups in total. The highest BCUT2D eigenvalue weighted by Crippen LogP contribution is 2.23. The van der Waals surface area contributed by atoms with Gasteiger partial charge in [0.15, 0.2) is 5.82 Å². The van der Waals surface area contributed by atoms with Gasteiger partial charge in [0.1, 0.15) is 17.1 Å². The fraction of sp³-hybridized carbons (Fsp3) is 0.154. The van der Waals surface area contributed by atoms with Gasteiger partial charge in [0, 0.05) is 5.56 Å². The Bertz CT molecular complexity index is 617. The minimum Gasteiger partial charge on any atom is -0.497 e. The lowest BCUT2D eigenvalue weighted by Crippen LogP contribution is -2.17. The number of primary amides is 1. The molecule has 1 amide bonds. The van der Waals surface area contributed by atoms with Gasteiger partial charge in [-0.3, -0.25) is 4.79 Å². The summed E-state index contributed by atoms with van der Waals surface area (Å²) in [4.78, 5) is 19.6. The summed E-state index contributed by atoms with van der Waals surface area (Å²) in [6.45, 7) is 1.67. The van der Waals surface area contributed by atoms with Crippen LogP contribution in [0.2, 0.25) is 0 Å². The Hall–Kier alpha value is -2.63. The second kappa shape index (κ2) is 4.93. The Morgan fingerprint density at radius 3 is 2.63 bits per heavy atom. The summed E-state index contributed by atoms with van der Waals surface area (Å²) in [6.07, 6.45) is 0. The molecule has 1 aromatic heterocycles. The van der Waals surface area contributed by atoms with E-state index in [9.17, 15) is 4.79 Å². The second-order valence-corrected chi connectivity index (χ2v) is 3.99. The van der Waals surface area contributed by atoms with E-state index in [4.69, 9.17) is 16.2 Å². The van der Waals surface area contributed by atoms with Crippen LogP contribution in [0.15, 0.2) is 24.3 Å². The summed E-state index contributed by atoms with van der Waals surface area (Å²) in [7, 11) is 1.58. The van der Waals surface area contributed by atoms with E-state index in [-0.39, 0.29) is 11.4 Å². The summed E-state index contributed by atoms with van der Waals surface area (Å²) in [6, 6.07) is 7.27. The standard InChI is InChI=1S/C13H14N4O2/c1-7-10(12(15)18)11(14)17-13(16-7)8-4-3-5-9(6-8)19-2/h3-6H,1-2H3,(H2,15,18)(H2,14,16,17). The number of aromatic nitrogens is 2. The molecule has 2 aromatic rings. The zero-order chi connectivity index (χ0) is 14.0. The van der Waals surface area contributed by atoms with Crippen molar-refractivity contribution < 1.29 is 9.53 Å². The molecule has 1 heterocycles. The highest BCUT2D eigenvalue weighted by molar-refractivity contribution is 5.98. The van der Waals surface area contributed by atoms with E-state index in [0.717, 1.165) is 5.56 Å². The Labute approximate surface area is 110 Å². The summed E-state index contributed by atoms with van der Waals surface area (Å²) < 4.78 is 5.14. The van der Waals surface area contributed by atoms with Crippen molar-refractivity contribution in [1.82, 2.24) is 9.97 Å². The summed E-state index contributed by atoms with van der Waals surface area (Å²) in [5.74, 6) is 0.570. The first-order valence-electron chi connectivity index (χ1n) is 5.61. The van der Waals surface area contributed by atoms with Crippen molar-refractivity contribution in [2.75, 3.05) is 12.8 Å². The van der Waals surface area contributed by atoms with Gasteiger partial charge in [-0.05, 0) is 19.1 Å². The summed E-state index contributed by atoms with van der Waals surface area (Å²) in [5, 5.41) is 0. The molecule has 0 spiro atoms. The molecule has 2 rings (SSSR count). The van der Waals surface area contributed by atoms with Crippen molar-refractivity contribution in [3.63, 3.8) is 0 Å². The third-order valence-corrected chi connectivity index (χ3v) is 2.69. The van der Waals surface area contributed by atoms with E-state index < -0.39 is 5.91 Å². The predicted octanol–water partition coefficient (Wildman–Crippen LogP) is 1.14. The molecule has 6 heteroatoms. The van der Waals surface area contributed by atoms with Crippen LogP contribution < -0.4 is 16.2 Å². The predicted molar refractivity (Wildman–Crippen MR) is 71.7 cm³/mol. The first-order chi connectivity index (χ1) is 9.02. The third kappa shape index (κ3) is 2.47. The molecular formula is C13H14N4O2.